The molecule has 1 aromatic carbocycles. The van der Waals surface area contributed by atoms with Gasteiger partial charge >= 0.3 is 0 Å². The summed E-state index contributed by atoms with van der Waals surface area (Å²) in [5, 5.41) is 3.47. The van der Waals surface area contributed by atoms with Crippen LogP contribution in [0.2, 0.25) is 0 Å². The molecule has 29 heavy (non-hydrogen) atoms. The number of anilines is 4. The fourth-order valence-electron chi connectivity index (χ4n) is 3.67. The Morgan fingerprint density at radius 1 is 0.931 bits per heavy atom. The number of nitrogens with zero attached hydrogens (tertiary/aromatic N) is 6. The lowest BCUT2D eigenvalue weighted by Gasteiger charge is -2.35. The van der Waals surface area contributed by atoms with Gasteiger partial charge in [0, 0.05) is 56.0 Å². The van der Waals surface area contributed by atoms with Gasteiger partial charge in [0.05, 0.1) is 0 Å². The summed E-state index contributed by atoms with van der Waals surface area (Å²) in [6.07, 6.45) is 4.54. The third-order valence-electron chi connectivity index (χ3n) is 5.26. The molecule has 0 spiro atoms. The molecule has 1 aliphatic heterocycles. The van der Waals surface area contributed by atoms with Crippen LogP contribution in [0.1, 0.15) is 23.7 Å². The zero-order valence-corrected chi connectivity index (χ0v) is 17.3. The van der Waals surface area contributed by atoms with Gasteiger partial charge in [-0.25, -0.2) is 15.0 Å². The predicted molar refractivity (Wildman–Crippen MR) is 117 cm³/mol. The standard InChI is InChI=1S/C22H27N7/c1-4-18-8-5-7-16(2)20(18)27-21-25-17(3)15-19(26-21)28-11-13-29(14-12-28)22-23-9-6-10-24-22/h5-10,15H,4,11-14H2,1-3H3,(H,25,26,27). The molecule has 0 aliphatic carbocycles. The lowest BCUT2D eigenvalue weighted by Crippen LogP contribution is -2.47. The van der Waals surface area contributed by atoms with Crippen LogP contribution in [-0.2, 0) is 6.42 Å². The van der Waals surface area contributed by atoms with Gasteiger partial charge in [0.1, 0.15) is 5.82 Å². The first-order valence-electron chi connectivity index (χ1n) is 10.1. The molecule has 0 saturated carbocycles. The van der Waals surface area contributed by atoms with Gasteiger partial charge < -0.3 is 15.1 Å². The summed E-state index contributed by atoms with van der Waals surface area (Å²) in [5.41, 5.74) is 4.54. The fourth-order valence-corrected chi connectivity index (χ4v) is 3.67. The van der Waals surface area contributed by atoms with Crippen LogP contribution in [0.15, 0.2) is 42.7 Å². The van der Waals surface area contributed by atoms with Crippen LogP contribution in [0.4, 0.5) is 23.4 Å². The van der Waals surface area contributed by atoms with Crippen molar-refractivity contribution in [2.24, 2.45) is 0 Å². The van der Waals surface area contributed by atoms with Crippen molar-refractivity contribution in [1.82, 2.24) is 19.9 Å². The molecule has 7 nitrogen and oxygen atoms in total. The van der Waals surface area contributed by atoms with Crippen LogP contribution in [0.3, 0.4) is 0 Å². The summed E-state index contributed by atoms with van der Waals surface area (Å²) in [4.78, 5) is 22.7. The minimum absolute atomic E-state index is 0.651. The van der Waals surface area contributed by atoms with E-state index < -0.39 is 0 Å². The van der Waals surface area contributed by atoms with E-state index in [0.717, 1.165) is 55.7 Å². The number of nitrogens with one attached hydrogen (secondary N) is 1. The molecule has 4 rings (SSSR count). The van der Waals surface area contributed by atoms with E-state index >= 15 is 0 Å². The van der Waals surface area contributed by atoms with E-state index in [9.17, 15) is 0 Å². The smallest absolute Gasteiger partial charge is 0.229 e. The van der Waals surface area contributed by atoms with Crippen LogP contribution in [-0.4, -0.2) is 46.1 Å². The van der Waals surface area contributed by atoms with Crippen molar-refractivity contribution in [2.45, 2.75) is 27.2 Å². The highest BCUT2D eigenvalue weighted by molar-refractivity contribution is 5.64. The van der Waals surface area contributed by atoms with Gasteiger partial charge in [0.2, 0.25) is 11.9 Å². The molecule has 1 fully saturated rings. The number of piperazine rings is 1. The molecule has 3 heterocycles. The summed E-state index contributed by atoms with van der Waals surface area (Å²) in [6.45, 7) is 9.78. The number of rotatable bonds is 5. The number of aryl methyl sites for hydroxylation is 3. The zero-order chi connectivity index (χ0) is 20.2. The van der Waals surface area contributed by atoms with E-state index in [1.165, 1.54) is 11.1 Å². The maximum atomic E-state index is 4.82. The molecule has 2 aromatic heterocycles. The van der Waals surface area contributed by atoms with Crippen LogP contribution in [0.25, 0.3) is 0 Å². The zero-order valence-electron chi connectivity index (χ0n) is 17.3. The molecule has 7 heteroatoms. The number of benzene rings is 1. The Morgan fingerprint density at radius 2 is 1.66 bits per heavy atom. The van der Waals surface area contributed by atoms with Crippen molar-refractivity contribution < 1.29 is 0 Å². The Kier molecular flexibility index (Phi) is 5.55. The van der Waals surface area contributed by atoms with Crippen LogP contribution >= 0.6 is 0 Å². The first kappa shape index (κ1) is 19.1. The van der Waals surface area contributed by atoms with Crippen molar-refractivity contribution in [3.05, 3.63) is 59.5 Å². The molecule has 1 saturated heterocycles. The first-order chi connectivity index (χ1) is 14.1. The van der Waals surface area contributed by atoms with Crippen molar-refractivity contribution in [3.63, 3.8) is 0 Å². The van der Waals surface area contributed by atoms with E-state index in [2.05, 4.69) is 68.2 Å². The molecule has 150 valence electrons. The van der Waals surface area contributed by atoms with Gasteiger partial charge in [-0.3, -0.25) is 0 Å². The summed E-state index contributed by atoms with van der Waals surface area (Å²) < 4.78 is 0. The van der Waals surface area contributed by atoms with E-state index in [1.807, 2.05) is 13.0 Å². The van der Waals surface area contributed by atoms with Crippen molar-refractivity contribution >= 4 is 23.4 Å². The molecule has 0 unspecified atom stereocenters. The number of hydrogen-bond acceptors (Lipinski definition) is 7. The maximum absolute atomic E-state index is 4.82. The minimum atomic E-state index is 0.651. The Morgan fingerprint density at radius 3 is 2.38 bits per heavy atom. The Bertz CT molecular complexity index is 966. The lowest BCUT2D eigenvalue weighted by atomic mass is 10.1. The Labute approximate surface area is 171 Å². The average molecular weight is 390 g/mol. The molecule has 0 amide bonds. The normalized spacial score (nSPS) is 14.2. The summed E-state index contributed by atoms with van der Waals surface area (Å²) in [7, 11) is 0. The van der Waals surface area contributed by atoms with Gasteiger partial charge in [-0.1, -0.05) is 25.1 Å². The number of aromatic nitrogens is 4. The highest BCUT2D eigenvalue weighted by Gasteiger charge is 2.20. The van der Waals surface area contributed by atoms with E-state index in [4.69, 9.17) is 4.98 Å². The molecule has 0 atom stereocenters. The quantitative estimate of drug-likeness (QED) is 0.716. The van der Waals surface area contributed by atoms with Crippen molar-refractivity contribution in [3.8, 4) is 0 Å². The third kappa shape index (κ3) is 4.29. The summed E-state index contributed by atoms with van der Waals surface area (Å²) in [6, 6.07) is 10.3. The second kappa shape index (κ2) is 8.43. The summed E-state index contributed by atoms with van der Waals surface area (Å²) >= 11 is 0. The van der Waals surface area contributed by atoms with E-state index in [-0.39, 0.29) is 0 Å². The second-order valence-electron chi connectivity index (χ2n) is 7.30. The highest BCUT2D eigenvalue weighted by Crippen LogP contribution is 2.25. The molecule has 0 bridgehead atoms. The molecule has 1 N–H and O–H groups in total. The SMILES string of the molecule is CCc1cccc(C)c1Nc1nc(C)cc(N2CCN(c3ncccn3)CC2)n1. The minimum Gasteiger partial charge on any atom is -0.353 e. The number of hydrogen-bond donors (Lipinski definition) is 1. The molecular formula is C22H27N7. The first-order valence-corrected chi connectivity index (χ1v) is 10.1. The lowest BCUT2D eigenvalue weighted by molar-refractivity contribution is 0.634. The monoisotopic (exact) mass is 389 g/mol. The third-order valence-corrected chi connectivity index (χ3v) is 5.26. The number of para-hydroxylation sites is 1. The fraction of sp³-hybridized carbons (Fsp3) is 0.364. The highest BCUT2D eigenvalue weighted by atomic mass is 15.3. The second-order valence-corrected chi connectivity index (χ2v) is 7.30. The molecular weight excluding hydrogens is 362 g/mol. The van der Waals surface area contributed by atoms with Crippen molar-refractivity contribution in [1.29, 1.82) is 0 Å². The van der Waals surface area contributed by atoms with Gasteiger partial charge in [0.25, 0.3) is 0 Å². The van der Waals surface area contributed by atoms with Gasteiger partial charge in [-0.2, -0.15) is 4.98 Å². The molecule has 0 radical (unpaired) electrons. The Hall–Kier alpha value is -3.22. The molecule has 1 aliphatic rings. The van der Waals surface area contributed by atoms with E-state index in [0.29, 0.717) is 5.95 Å². The van der Waals surface area contributed by atoms with Gasteiger partial charge in [-0.05, 0) is 37.5 Å². The summed E-state index contributed by atoms with van der Waals surface area (Å²) in [5.74, 6) is 2.40. The Balaban J connectivity index is 1.51. The van der Waals surface area contributed by atoms with Gasteiger partial charge in [0.15, 0.2) is 0 Å². The van der Waals surface area contributed by atoms with E-state index in [1.54, 1.807) is 12.4 Å². The van der Waals surface area contributed by atoms with Crippen LogP contribution < -0.4 is 15.1 Å². The average Bonchev–Trinajstić information content (AvgIpc) is 2.75. The largest absolute Gasteiger partial charge is 0.353 e. The maximum Gasteiger partial charge on any atom is 0.229 e. The van der Waals surface area contributed by atoms with Crippen LogP contribution in [0, 0.1) is 13.8 Å². The van der Waals surface area contributed by atoms with Crippen LogP contribution in [0.5, 0.6) is 0 Å². The predicted octanol–water partition coefficient (Wildman–Crippen LogP) is 3.52. The topological polar surface area (TPSA) is 70.1 Å². The van der Waals surface area contributed by atoms with Crippen molar-refractivity contribution in [2.75, 3.05) is 41.3 Å². The molecule has 3 aromatic rings. The van der Waals surface area contributed by atoms with Gasteiger partial charge in [-0.15, -0.1) is 0 Å².